The molecule has 0 bridgehead atoms. The number of amides is 2. The van der Waals surface area contributed by atoms with E-state index in [2.05, 4.69) is 15.5 Å². The third-order valence-corrected chi connectivity index (χ3v) is 4.65. The predicted molar refractivity (Wildman–Crippen MR) is 100 cm³/mol. The molecule has 0 aromatic heterocycles. The van der Waals surface area contributed by atoms with Gasteiger partial charge in [-0.2, -0.15) is 0 Å². The molecule has 3 rings (SSSR count). The molecule has 7 heteroatoms. The van der Waals surface area contributed by atoms with Gasteiger partial charge in [-0.25, -0.2) is 9.18 Å². The molecule has 0 saturated carbocycles. The largest absolute Gasteiger partial charge is 0.379 e. The van der Waals surface area contributed by atoms with Crippen LogP contribution in [0.25, 0.3) is 0 Å². The molecule has 1 saturated heterocycles. The summed E-state index contributed by atoms with van der Waals surface area (Å²) in [6, 6.07) is 12.9. The van der Waals surface area contributed by atoms with E-state index in [1.807, 2.05) is 24.3 Å². The summed E-state index contributed by atoms with van der Waals surface area (Å²) in [4.78, 5) is 14.5. The Hall–Kier alpha value is -2.15. The van der Waals surface area contributed by atoms with Crippen LogP contribution < -0.4 is 10.6 Å². The van der Waals surface area contributed by atoms with Crippen LogP contribution in [0, 0.1) is 5.82 Å². The summed E-state index contributed by atoms with van der Waals surface area (Å²) < 4.78 is 18.4. The van der Waals surface area contributed by atoms with Crippen molar-refractivity contribution in [2.75, 3.05) is 38.2 Å². The topological polar surface area (TPSA) is 53.6 Å². The van der Waals surface area contributed by atoms with Crippen molar-refractivity contribution < 1.29 is 13.9 Å². The van der Waals surface area contributed by atoms with Crippen molar-refractivity contribution in [1.82, 2.24) is 10.2 Å². The van der Waals surface area contributed by atoms with E-state index in [-0.39, 0.29) is 17.9 Å². The zero-order chi connectivity index (χ0) is 18.4. The van der Waals surface area contributed by atoms with Gasteiger partial charge in [0.25, 0.3) is 0 Å². The molecule has 0 aliphatic carbocycles. The van der Waals surface area contributed by atoms with E-state index in [9.17, 15) is 9.18 Å². The number of carbonyl (C=O) groups excluding carboxylic acids is 1. The Morgan fingerprint density at radius 1 is 1.15 bits per heavy atom. The Labute approximate surface area is 157 Å². The maximum atomic E-state index is 13.0. The van der Waals surface area contributed by atoms with Crippen LogP contribution in [0.1, 0.15) is 11.6 Å². The summed E-state index contributed by atoms with van der Waals surface area (Å²) in [6.45, 7) is 3.26. The fourth-order valence-electron chi connectivity index (χ4n) is 2.97. The lowest BCUT2D eigenvalue weighted by atomic mass is 10.0. The molecule has 2 amide bonds. The normalized spacial score (nSPS) is 16.1. The van der Waals surface area contributed by atoms with Crippen LogP contribution in [0.4, 0.5) is 14.9 Å². The Morgan fingerprint density at radius 2 is 1.85 bits per heavy atom. The van der Waals surface area contributed by atoms with Gasteiger partial charge in [-0.3, -0.25) is 4.90 Å². The SMILES string of the molecule is O=C(NCC(c1ccccc1Cl)N1CCOCC1)Nc1ccc(F)cc1. The molecule has 1 heterocycles. The number of benzene rings is 2. The van der Waals surface area contributed by atoms with Crippen LogP contribution >= 0.6 is 11.6 Å². The molecule has 1 unspecified atom stereocenters. The first-order valence-electron chi connectivity index (χ1n) is 8.50. The molecular formula is C19H21ClFN3O2. The van der Waals surface area contributed by atoms with E-state index < -0.39 is 0 Å². The quantitative estimate of drug-likeness (QED) is 0.835. The summed E-state index contributed by atoms with van der Waals surface area (Å²) in [5.41, 5.74) is 1.50. The van der Waals surface area contributed by atoms with Gasteiger partial charge in [0.2, 0.25) is 0 Å². The van der Waals surface area contributed by atoms with E-state index in [4.69, 9.17) is 16.3 Å². The highest BCUT2D eigenvalue weighted by molar-refractivity contribution is 6.31. The van der Waals surface area contributed by atoms with Crippen molar-refractivity contribution in [3.05, 3.63) is 64.9 Å². The fraction of sp³-hybridized carbons (Fsp3) is 0.316. The number of halogens is 2. The van der Waals surface area contributed by atoms with Crippen LogP contribution in [-0.2, 0) is 4.74 Å². The van der Waals surface area contributed by atoms with Crippen LogP contribution in [0.5, 0.6) is 0 Å². The Bertz CT molecular complexity index is 736. The van der Waals surface area contributed by atoms with Gasteiger partial charge in [0.05, 0.1) is 19.3 Å². The molecule has 0 spiro atoms. The van der Waals surface area contributed by atoms with Crippen molar-refractivity contribution in [2.45, 2.75) is 6.04 Å². The number of morpholine rings is 1. The summed E-state index contributed by atoms with van der Waals surface area (Å²) in [5.74, 6) is -0.345. The second-order valence-corrected chi connectivity index (χ2v) is 6.43. The van der Waals surface area contributed by atoms with E-state index in [1.54, 1.807) is 0 Å². The van der Waals surface area contributed by atoms with Crippen molar-refractivity contribution in [3.8, 4) is 0 Å². The minimum absolute atomic E-state index is 0.0495. The minimum Gasteiger partial charge on any atom is -0.379 e. The molecule has 26 heavy (non-hydrogen) atoms. The van der Waals surface area contributed by atoms with Crippen molar-refractivity contribution in [1.29, 1.82) is 0 Å². The number of urea groups is 1. The molecule has 0 radical (unpaired) electrons. The van der Waals surface area contributed by atoms with E-state index >= 15 is 0 Å². The molecule has 1 aliphatic rings. The predicted octanol–water partition coefficient (Wildman–Crippen LogP) is 3.67. The number of ether oxygens (including phenoxy) is 1. The van der Waals surface area contributed by atoms with Gasteiger partial charge >= 0.3 is 6.03 Å². The van der Waals surface area contributed by atoms with Gasteiger partial charge in [0, 0.05) is 30.3 Å². The fourth-order valence-corrected chi connectivity index (χ4v) is 3.23. The summed E-state index contributed by atoms with van der Waals surface area (Å²) in [6.07, 6.45) is 0. The van der Waals surface area contributed by atoms with Gasteiger partial charge in [-0.05, 0) is 35.9 Å². The first-order valence-corrected chi connectivity index (χ1v) is 8.88. The van der Waals surface area contributed by atoms with Crippen LogP contribution in [0.3, 0.4) is 0 Å². The van der Waals surface area contributed by atoms with Gasteiger partial charge in [-0.1, -0.05) is 29.8 Å². The molecular weight excluding hydrogens is 357 g/mol. The average Bonchev–Trinajstić information content (AvgIpc) is 2.66. The number of nitrogens with zero attached hydrogens (tertiary/aromatic N) is 1. The number of anilines is 1. The standard InChI is InChI=1S/C19H21ClFN3O2/c20-17-4-2-1-3-16(17)18(24-9-11-26-12-10-24)13-22-19(25)23-15-7-5-14(21)6-8-15/h1-8,18H,9-13H2,(H2,22,23,25). The Kier molecular flexibility index (Phi) is 6.44. The number of rotatable bonds is 5. The second kappa shape index (κ2) is 8.98. The first kappa shape index (κ1) is 18.6. The molecule has 1 atom stereocenters. The number of hydrogen-bond donors (Lipinski definition) is 2. The van der Waals surface area contributed by atoms with E-state index in [0.29, 0.717) is 30.5 Å². The van der Waals surface area contributed by atoms with Crippen molar-refractivity contribution >= 4 is 23.3 Å². The molecule has 2 N–H and O–H groups in total. The number of carbonyl (C=O) groups is 1. The van der Waals surface area contributed by atoms with Crippen molar-refractivity contribution in [3.63, 3.8) is 0 Å². The average molecular weight is 378 g/mol. The molecule has 2 aromatic carbocycles. The zero-order valence-corrected chi connectivity index (χ0v) is 15.0. The van der Waals surface area contributed by atoms with E-state index in [1.165, 1.54) is 24.3 Å². The van der Waals surface area contributed by atoms with Crippen molar-refractivity contribution in [2.24, 2.45) is 0 Å². The van der Waals surface area contributed by atoms with Gasteiger partial charge in [0.1, 0.15) is 5.82 Å². The van der Waals surface area contributed by atoms with Gasteiger partial charge in [0.15, 0.2) is 0 Å². The maximum Gasteiger partial charge on any atom is 0.319 e. The van der Waals surface area contributed by atoms with Crippen LogP contribution in [-0.4, -0.2) is 43.8 Å². The highest BCUT2D eigenvalue weighted by Crippen LogP contribution is 2.27. The smallest absolute Gasteiger partial charge is 0.319 e. The Balaban J connectivity index is 1.66. The summed E-state index contributed by atoms with van der Waals surface area (Å²) in [7, 11) is 0. The lowest BCUT2D eigenvalue weighted by Crippen LogP contribution is -2.44. The summed E-state index contributed by atoms with van der Waals surface area (Å²) >= 11 is 6.38. The number of nitrogens with one attached hydrogen (secondary N) is 2. The van der Waals surface area contributed by atoms with Crippen LogP contribution in [0.15, 0.2) is 48.5 Å². The highest BCUT2D eigenvalue weighted by atomic mass is 35.5. The molecule has 1 aliphatic heterocycles. The third kappa shape index (κ3) is 4.94. The summed E-state index contributed by atoms with van der Waals surface area (Å²) in [5, 5.41) is 6.26. The monoisotopic (exact) mass is 377 g/mol. The highest BCUT2D eigenvalue weighted by Gasteiger charge is 2.24. The van der Waals surface area contributed by atoms with E-state index in [0.717, 1.165) is 18.7 Å². The minimum atomic E-state index is -0.345. The first-order chi connectivity index (χ1) is 12.6. The third-order valence-electron chi connectivity index (χ3n) is 4.31. The number of hydrogen-bond acceptors (Lipinski definition) is 3. The van der Waals surface area contributed by atoms with Crippen LogP contribution in [0.2, 0.25) is 5.02 Å². The lowest BCUT2D eigenvalue weighted by Gasteiger charge is -2.35. The Morgan fingerprint density at radius 3 is 2.54 bits per heavy atom. The molecule has 1 fully saturated rings. The second-order valence-electron chi connectivity index (χ2n) is 6.03. The van der Waals surface area contributed by atoms with Gasteiger partial charge in [-0.15, -0.1) is 0 Å². The van der Waals surface area contributed by atoms with Gasteiger partial charge < -0.3 is 15.4 Å². The molecule has 2 aromatic rings. The lowest BCUT2D eigenvalue weighted by molar-refractivity contribution is 0.0168. The zero-order valence-electron chi connectivity index (χ0n) is 14.3. The molecule has 138 valence electrons. The molecule has 5 nitrogen and oxygen atoms in total. The maximum absolute atomic E-state index is 13.0.